The molecule has 1 fully saturated rings. The Kier molecular flexibility index (Phi) is 9.46. The highest BCUT2D eigenvalue weighted by atomic mass is 28.4. The van der Waals surface area contributed by atoms with E-state index in [1.165, 1.54) is 6.42 Å². The zero-order chi connectivity index (χ0) is 19.9. The van der Waals surface area contributed by atoms with Gasteiger partial charge in [0.2, 0.25) is 0 Å². The molecule has 0 aromatic heterocycles. The molecule has 2 nitrogen and oxygen atoms in total. The molecule has 0 aromatic rings. The van der Waals surface area contributed by atoms with Gasteiger partial charge in [-0.1, -0.05) is 60.3 Å². The molecule has 0 saturated heterocycles. The van der Waals surface area contributed by atoms with E-state index < -0.39 is 8.32 Å². The van der Waals surface area contributed by atoms with Gasteiger partial charge in [-0.2, -0.15) is 0 Å². The zero-order valence-electron chi connectivity index (χ0n) is 18.3. The lowest BCUT2D eigenvalue weighted by atomic mass is 10.0. The van der Waals surface area contributed by atoms with Crippen molar-refractivity contribution in [3.05, 3.63) is 0 Å². The number of ether oxygens (including phenoxy) is 1. The summed E-state index contributed by atoms with van der Waals surface area (Å²) in [5.74, 6) is 10.7. The van der Waals surface area contributed by atoms with Crippen LogP contribution in [0.2, 0.25) is 16.6 Å². The van der Waals surface area contributed by atoms with Crippen LogP contribution in [0, 0.1) is 41.9 Å². The average molecular weight is 377 g/mol. The van der Waals surface area contributed by atoms with Gasteiger partial charge < -0.3 is 9.16 Å². The molecule has 1 aliphatic rings. The van der Waals surface area contributed by atoms with Crippen LogP contribution in [0.25, 0.3) is 0 Å². The Morgan fingerprint density at radius 3 is 2.00 bits per heavy atom. The Bertz CT molecular complexity index is 499. The minimum atomic E-state index is -1.83. The lowest BCUT2D eigenvalue weighted by Gasteiger charge is -2.42. The molecule has 0 radical (unpaired) electrons. The van der Waals surface area contributed by atoms with E-state index >= 15 is 0 Å². The largest absolute Gasteiger partial charge is 0.416 e. The maximum absolute atomic E-state index is 6.66. The number of terminal acetylenes is 1. The van der Waals surface area contributed by atoms with Crippen molar-refractivity contribution in [1.29, 1.82) is 0 Å². The molecule has 1 saturated carbocycles. The maximum Gasteiger partial charge on any atom is 0.200 e. The number of rotatable bonds is 10. The van der Waals surface area contributed by atoms with Crippen molar-refractivity contribution in [2.45, 2.75) is 91.0 Å². The van der Waals surface area contributed by atoms with E-state index in [1.807, 2.05) is 0 Å². The molecule has 0 unspecified atom stereocenters. The predicted octanol–water partition coefficient (Wildman–Crippen LogP) is 5.88. The Labute approximate surface area is 163 Å². The van der Waals surface area contributed by atoms with E-state index in [2.05, 4.69) is 73.2 Å². The minimum absolute atomic E-state index is 0.0177. The summed E-state index contributed by atoms with van der Waals surface area (Å²) in [4.78, 5) is 0. The third-order valence-electron chi connectivity index (χ3n) is 6.05. The molecule has 0 aromatic carbocycles. The number of hydrogen-bond donors (Lipinski definition) is 0. The molecular formula is C23H40O2Si. The van der Waals surface area contributed by atoms with Crippen LogP contribution in [-0.4, -0.2) is 27.6 Å². The molecule has 3 heteroatoms. The lowest BCUT2D eigenvalue weighted by molar-refractivity contribution is 0.0362. The first-order valence-corrected chi connectivity index (χ1v) is 12.5. The van der Waals surface area contributed by atoms with E-state index in [0.29, 0.717) is 29.1 Å². The van der Waals surface area contributed by atoms with Crippen molar-refractivity contribution in [3.63, 3.8) is 0 Å². The van der Waals surface area contributed by atoms with Crippen LogP contribution < -0.4 is 0 Å². The lowest BCUT2D eigenvalue weighted by Crippen LogP contribution is -2.48. The van der Waals surface area contributed by atoms with Crippen LogP contribution >= 0.6 is 0 Å². The smallest absolute Gasteiger partial charge is 0.200 e. The normalized spacial score (nSPS) is 22.1. The van der Waals surface area contributed by atoms with Gasteiger partial charge in [0.05, 0.1) is 6.10 Å². The molecule has 0 heterocycles. The van der Waals surface area contributed by atoms with Crippen LogP contribution in [0.1, 0.15) is 68.2 Å². The fourth-order valence-corrected chi connectivity index (χ4v) is 9.75. The second-order valence-electron chi connectivity index (χ2n) is 8.90. The van der Waals surface area contributed by atoms with Crippen LogP contribution in [-0.2, 0) is 9.16 Å². The van der Waals surface area contributed by atoms with Gasteiger partial charge in [-0.05, 0) is 42.3 Å². The Morgan fingerprint density at radius 2 is 1.58 bits per heavy atom. The Balaban J connectivity index is 2.61. The van der Waals surface area contributed by atoms with Gasteiger partial charge in [-0.3, -0.25) is 0 Å². The molecule has 4 atom stereocenters. The van der Waals surface area contributed by atoms with Crippen LogP contribution in [0.3, 0.4) is 0 Å². The minimum Gasteiger partial charge on any atom is -0.416 e. The Morgan fingerprint density at radius 1 is 1.04 bits per heavy atom. The molecule has 1 aliphatic carbocycles. The van der Waals surface area contributed by atoms with Gasteiger partial charge in [0.1, 0.15) is 6.61 Å². The summed E-state index contributed by atoms with van der Waals surface area (Å²) >= 11 is 0. The second kappa shape index (κ2) is 10.6. The standard InChI is InChI=1S/C23H40O2Si/c1-10-20(8)23(24-14-11-12-22-16-21(22)9)13-15-25-26(17(2)3,18(4)5)19(6)7/h1,17-23H,13-16H2,2-9H3/t20-,21-,22-,23+/m1/s1. The molecule has 1 rings (SSSR count). The summed E-state index contributed by atoms with van der Waals surface area (Å²) < 4.78 is 12.7. The Hall–Kier alpha value is -0.743. The van der Waals surface area contributed by atoms with E-state index in [0.717, 1.165) is 18.9 Å². The highest BCUT2D eigenvalue weighted by Crippen LogP contribution is 2.42. The van der Waals surface area contributed by atoms with Gasteiger partial charge >= 0.3 is 0 Å². The zero-order valence-corrected chi connectivity index (χ0v) is 19.3. The van der Waals surface area contributed by atoms with Crippen molar-refractivity contribution < 1.29 is 9.16 Å². The topological polar surface area (TPSA) is 18.5 Å². The molecule has 0 aliphatic heterocycles. The van der Waals surface area contributed by atoms with E-state index in [9.17, 15) is 0 Å². The van der Waals surface area contributed by atoms with E-state index in [-0.39, 0.29) is 12.0 Å². The van der Waals surface area contributed by atoms with Crippen molar-refractivity contribution in [3.8, 4) is 24.2 Å². The summed E-state index contributed by atoms with van der Waals surface area (Å²) in [7, 11) is -1.83. The third-order valence-corrected chi connectivity index (χ3v) is 12.2. The van der Waals surface area contributed by atoms with Crippen molar-refractivity contribution in [1.82, 2.24) is 0 Å². The van der Waals surface area contributed by atoms with Crippen LogP contribution in [0.4, 0.5) is 0 Å². The van der Waals surface area contributed by atoms with Crippen molar-refractivity contribution in [2.24, 2.45) is 17.8 Å². The summed E-state index contributed by atoms with van der Waals surface area (Å²) in [6, 6.07) is 0. The monoisotopic (exact) mass is 376 g/mol. The molecule has 0 bridgehead atoms. The molecule has 0 spiro atoms. The summed E-state index contributed by atoms with van der Waals surface area (Å²) in [6.45, 7) is 19.4. The number of hydrogen-bond acceptors (Lipinski definition) is 2. The van der Waals surface area contributed by atoms with Crippen molar-refractivity contribution in [2.75, 3.05) is 13.2 Å². The van der Waals surface area contributed by atoms with Crippen LogP contribution in [0.15, 0.2) is 0 Å². The summed E-state index contributed by atoms with van der Waals surface area (Å²) in [5, 5.41) is 0. The molecule has 148 valence electrons. The average Bonchev–Trinajstić information content (AvgIpc) is 3.26. The van der Waals surface area contributed by atoms with E-state index in [4.69, 9.17) is 15.6 Å². The fraction of sp³-hybridized carbons (Fsp3) is 0.826. The summed E-state index contributed by atoms with van der Waals surface area (Å²) in [6.07, 6.45) is 7.75. The van der Waals surface area contributed by atoms with Gasteiger partial charge in [-0.15, -0.1) is 12.3 Å². The SMILES string of the molecule is C#C[C@@H](C)[C@H](CCO[Si](C(C)C)(C(C)C)C(C)C)OCC#C[C@@H]1C[C@H]1C. The third kappa shape index (κ3) is 6.16. The van der Waals surface area contributed by atoms with Gasteiger partial charge in [0.15, 0.2) is 8.32 Å². The first kappa shape index (κ1) is 23.3. The highest BCUT2D eigenvalue weighted by Gasteiger charge is 2.45. The van der Waals surface area contributed by atoms with Crippen LogP contribution in [0.5, 0.6) is 0 Å². The second-order valence-corrected chi connectivity index (χ2v) is 14.4. The van der Waals surface area contributed by atoms with Gasteiger partial charge in [0, 0.05) is 18.4 Å². The molecular weight excluding hydrogens is 336 g/mol. The first-order chi connectivity index (χ1) is 12.2. The maximum atomic E-state index is 6.66. The molecule has 26 heavy (non-hydrogen) atoms. The van der Waals surface area contributed by atoms with E-state index in [1.54, 1.807) is 0 Å². The highest BCUT2D eigenvalue weighted by molar-refractivity contribution is 6.77. The summed E-state index contributed by atoms with van der Waals surface area (Å²) in [5.41, 5.74) is 1.79. The molecule has 0 amide bonds. The quantitative estimate of drug-likeness (QED) is 0.350. The van der Waals surface area contributed by atoms with Gasteiger partial charge in [0.25, 0.3) is 0 Å². The molecule has 0 N–H and O–H groups in total. The van der Waals surface area contributed by atoms with Gasteiger partial charge in [-0.25, -0.2) is 0 Å². The predicted molar refractivity (Wildman–Crippen MR) is 114 cm³/mol. The fourth-order valence-electron chi connectivity index (χ4n) is 4.28. The van der Waals surface area contributed by atoms with Crippen molar-refractivity contribution >= 4 is 8.32 Å². The first-order valence-electron chi connectivity index (χ1n) is 10.4.